The Morgan fingerprint density at radius 1 is 1.31 bits per heavy atom. The maximum Gasteiger partial charge on any atom is 0.131 e. The lowest BCUT2D eigenvalue weighted by molar-refractivity contribution is 0.296. The van der Waals surface area contributed by atoms with Gasteiger partial charge in [-0.1, -0.05) is 0 Å². The molecule has 0 fully saturated rings. The molecule has 2 aromatic heterocycles. The van der Waals surface area contributed by atoms with Gasteiger partial charge < -0.3 is 5.11 Å². The molecule has 0 saturated carbocycles. The summed E-state index contributed by atoms with van der Waals surface area (Å²) in [7, 11) is 0. The minimum atomic E-state index is 0.0654. The van der Waals surface area contributed by atoms with E-state index in [1.807, 2.05) is 25.1 Å². The second-order valence-electron chi connectivity index (χ2n) is 3.53. The predicted molar refractivity (Wildman–Crippen MR) is 60.8 cm³/mol. The summed E-state index contributed by atoms with van der Waals surface area (Å²) in [5, 5.41) is 8.88. The Kier molecular flexibility index (Phi) is 3.22. The molecule has 2 heterocycles. The lowest BCUT2D eigenvalue weighted by Crippen LogP contribution is -2.01. The van der Waals surface area contributed by atoms with Crippen LogP contribution in [0, 0.1) is 6.92 Å². The van der Waals surface area contributed by atoms with E-state index in [1.54, 1.807) is 12.4 Å². The van der Waals surface area contributed by atoms with Crippen molar-refractivity contribution in [2.75, 3.05) is 6.61 Å². The van der Waals surface area contributed by atoms with E-state index in [2.05, 4.69) is 15.0 Å². The van der Waals surface area contributed by atoms with Crippen LogP contribution in [0.25, 0.3) is 11.3 Å². The normalized spacial score (nSPS) is 10.4. The molecule has 0 aliphatic carbocycles. The van der Waals surface area contributed by atoms with Gasteiger partial charge in [0.2, 0.25) is 0 Å². The van der Waals surface area contributed by atoms with Crippen molar-refractivity contribution >= 4 is 0 Å². The van der Waals surface area contributed by atoms with Crippen LogP contribution in [0.4, 0.5) is 0 Å². The van der Waals surface area contributed by atoms with Crippen LogP contribution in [0.15, 0.2) is 30.6 Å². The van der Waals surface area contributed by atoms with Crippen LogP contribution < -0.4 is 0 Å². The molecule has 82 valence electrons. The minimum absolute atomic E-state index is 0.0654. The molecule has 16 heavy (non-hydrogen) atoms. The summed E-state index contributed by atoms with van der Waals surface area (Å²) >= 11 is 0. The highest BCUT2D eigenvalue weighted by Crippen LogP contribution is 2.16. The molecule has 0 spiro atoms. The molecule has 0 bridgehead atoms. The highest BCUT2D eigenvalue weighted by atomic mass is 16.3. The van der Waals surface area contributed by atoms with E-state index in [4.69, 9.17) is 5.11 Å². The number of aromatic nitrogens is 3. The minimum Gasteiger partial charge on any atom is -0.396 e. The fourth-order valence-corrected chi connectivity index (χ4v) is 1.50. The highest BCUT2D eigenvalue weighted by Gasteiger charge is 2.04. The van der Waals surface area contributed by atoms with Crippen molar-refractivity contribution in [1.82, 2.24) is 15.0 Å². The first-order valence-electron chi connectivity index (χ1n) is 5.15. The lowest BCUT2D eigenvalue weighted by Gasteiger charge is -2.04. The van der Waals surface area contributed by atoms with Gasteiger partial charge >= 0.3 is 0 Å². The average molecular weight is 215 g/mol. The molecular formula is C12H13N3O. The molecule has 4 nitrogen and oxygen atoms in total. The Hall–Kier alpha value is -1.81. The number of hydrogen-bond donors (Lipinski definition) is 1. The Balaban J connectivity index is 2.41. The van der Waals surface area contributed by atoms with Crippen LogP contribution >= 0.6 is 0 Å². The van der Waals surface area contributed by atoms with Crippen molar-refractivity contribution in [1.29, 1.82) is 0 Å². The number of hydrogen-bond acceptors (Lipinski definition) is 4. The van der Waals surface area contributed by atoms with Crippen molar-refractivity contribution in [3.05, 3.63) is 42.1 Å². The van der Waals surface area contributed by atoms with Crippen molar-refractivity contribution in [2.24, 2.45) is 0 Å². The van der Waals surface area contributed by atoms with Gasteiger partial charge in [0.15, 0.2) is 0 Å². The number of pyridine rings is 1. The second kappa shape index (κ2) is 4.81. The summed E-state index contributed by atoms with van der Waals surface area (Å²) in [4.78, 5) is 12.7. The topological polar surface area (TPSA) is 58.9 Å². The van der Waals surface area contributed by atoms with Crippen LogP contribution in [-0.4, -0.2) is 26.7 Å². The Bertz CT molecular complexity index is 471. The van der Waals surface area contributed by atoms with Crippen LogP contribution in [0.2, 0.25) is 0 Å². The van der Waals surface area contributed by atoms with E-state index in [-0.39, 0.29) is 6.61 Å². The van der Waals surface area contributed by atoms with Crippen LogP contribution in [0.3, 0.4) is 0 Å². The first kappa shape index (κ1) is 10.7. The van der Waals surface area contributed by atoms with E-state index >= 15 is 0 Å². The third-order valence-corrected chi connectivity index (χ3v) is 2.19. The molecule has 0 unspecified atom stereocenters. The summed E-state index contributed by atoms with van der Waals surface area (Å²) < 4.78 is 0. The molecule has 0 aromatic carbocycles. The zero-order valence-electron chi connectivity index (χ0n) is 9.09. The quantitative estimate of drug-likeness (QED) is 0.840. The van der Waals surface area contributed by atoms with Crippen molar-refractivity contribution in [2.45, 2.75) is 13.3 Å². The van der Waals surface area contributed by atoms with Crippen LogP contribution in [-0.2, 0) is 6.42 Å². The molecule has 2 aromatic rings. The van der Waals surface area contributed by atoms with Crippen molar-refractivity contribution < 1.29 is 5.11 Å². The van der Waals surface area contributed by atoms with E-state index in [9.17, 15) is 0 Å². The summed E-state index contributed by atoms with van der Waals surface area (Å²) in [5.74, 6) is 0.668. The third kappa shape index (κ3) is 2.41. The number of aliphatic hydroxyl groups excluding tert-OH is 1. The summed E-state index contributed by atoms with van der Waals surface area (Å²) in [6.07, 6.45) is 3.98. The molecule has 0 saturated heterocycles. The van der Waals surface area contributed by atoms with Crippen LogP contribution in [0.5, 0.6) is 0 Å². The monoisotopic (exact) mass is 215 g/mol. The van der Waals surface area contributed by atoms with Gasteiger partial charge in [-0.15, -0.1) is 0 Å². The fraction of sp³-hybridized carbons (Fsp3) is 0.250. The maximum absolute atomic E-state index is 8.88. The standard InChI is InChI=1S/C12H13N3O/c1-9-7-11(10-3-2-5-13-8-10)15-12(14-9)4-6-16/h2-3,5,7-8,16H,4,6H2,1H3. The second-order valence-corrected chi connectivity index (χ2v) is 3.53. The van der Waals surface area contributed by atoms with E-state index in [0.29, 0.717) is 12.2 Å². The Morgan fingerprint density at radius 3 is 2.88 bits per heavy atom. The van der Waals surface area contributed by atoms with E-state index in [1.165, 1.54) is 0 Å². The predicted octanol–water partition coefficient (Wildman–Crippen LogP) is 1.38. The zero-order valence-corrected chi connectivity index (χ0v) is 9.09. The van der Waals surface area contributed by atoms with Gasteiger partial charge in [0.05, 0.1) is 12.3 Å². The number of nitrogens with zero attached hydrogens (tertiary/aromatic N) is 3. The summed E-state index contributed by atoms with van der Waals surface area (Å²) in [6, 6.07) is 5.74. The molecule has 0 aliphatic rings. The van der Waals surface area contributed by atoms with E-state index in [0.717, 1.165) is 17.0 Å². The van der Waals surface area contributed by atoms with Gasteiger partial charge in [-0.2, -0.15) is 0 Å². The van der Waals surface area contributed by atoms with Gasteiger partial charge in [-0.25, -0.2) is 9.97 Å². The van der Waals surface area contributed by atoms with Crippen LogP contribution in [0.1, 0.15) is 11.5 Å². The Morgan fingerprint density at radius 2 is 2.19 bits per heavy atom. The van der Waals surface area contributed by atoms with Gasteiger partial charge in [0, 0.05) is 30.1 Å². The molecule has 0 atom stereocenters. The lowest BCUT2D eigenvalue weighted by atomic mass is 10.2. The number of rotatable bonds is 3. The molecule has 2 rings (SSSR count). The first-order chi connectivity index (χ1) is 7.79. The molecule has 1 N–H and O–H groups in total. The van der Waals surface area contributed by atoms with Gasteiger partial charge in [-0.05, 0) is 25.1 Å². The largest absolute Gasteiger partial charge is 0.396 e. The number of aryl methyl sites for hydroxylation is 1. The third-order valence-electron chi connectivity index (χ3n) is 2.19. The fourth-order valence-electron chi connectivity index (χ4n) is 1.50. The van der Waals surface area contributed by atoms with Crippen molar-refractivity contribution in [3.63, 3.8) is 0 Å². The van der Waals surface area contributed by atoms with Gasteiger partial charge in [0.1, 0.15) is 5.82 Å². The average Bonchev–Trinajstić information content (AvgIpc) is 2.30. The zero-order chi connectivity index (χ0) is 11.4. The Labute approximate surface area is 94.0 Å². The molecule has 0 radical (unpaired) electrons. The SMILES string of the molecule is Cc1cc(-c2cccnc2)nc(CCO)n1. The summed E-state index contributed by atoms with van der Waals surface area (Å²) in [5.41, 5.74) is 2.72. The first-order valence-corrected chi connectivity index (χ1v) is 5.15. The number of aliphatic hydroxyl groups is 1. The van der Waals surface area contributed by atoms with E-state index < -0.39 is 0 Å². The molecular weight excluding hydrogens is 202 g/mol. The van der Waals surface area contributed by atoms with Gasteiger partial charge in [0.25, 0.3) is 0 Å². The summed E-state index contributed by atoms with van der Waals surface area (Å²) in [6.45, 7) is 1.98. The molecule has 0 aliphatic heterocycles. The molecule has 0 amide bonds. The maximum atomic E-state index is 8.88. The molecule has 4 heteroatoms. The van der Waals surface area contributed by atoms with Crippen molar-refractivity contribution in [3.8, 4) is 11.3 Å². The smallest absolute Gasteiger partial charge is 0.131 e. The van der Waals surface area contributed by atoms with Gasteiger partial charge in [-0.3, -0.25) is 4.98 Å². The highest BCUT2D eigenvalue weighted by molar-refractivity contribution is 5.57.